The molecule has 0 amide bonds. The SMILES string of the molecule is C=C1CO[C@H](c2ccc(OC)cc2)[C@@H](c2ccc(OC)cc2)O1. The van der Waals surface area contributed by atoms with Crippen LogP contribution in [0.2, 0.25) is 0 Å². The van der Waals surface area contributed by atoms with Crippen LogP contribution >= 0.6 is 0 Å². The van der Waals surface area contributed by atoms with Gasteiger partial charge in [-0.05, 0) is 35.4 Å². The molecule has 23 heavy (non-hydrogen) atoms. The first kappa shape index (κ1) is 15.4. The van der Waals surface area contributed by atoms with E-state index < -0.39 is 0 Å². The van der Waals surface area contributed by atoms with Crippen molar-refractivity contribution in [2.75, 3.05) is 20.8 Å². The first-order chi connectivity index (χ1) is 11.2. The molecule has 0 bridgehead atoms. The molecule has 0 saturated carbocycles. The van der Waals surface area contributed by atoms with Gasteiger partial charge in [0.25, 0.3) is 0 Å². The summed E-state index contributed by atoms with van der Waals surface area (Å²) in [7, 11) is 3.30. The monoisotopic (exact) mass is 312 g/mol. The van der Waals surface area contributed by atoms with E-state index in [4.69, 9.17) is 18.9 Å². The zero-order valence-electron chi connectivity index (χ0n) is 13.3. The quantitative estimate of drug-likeness (QED) is 0.853. The summed E-state index contributed by atoms with van der Waals surface area (Å²) in [5.74, 6) is 2.26. The molecule has 0 aliphatic carbocycles. The molecule has 1 saturated heterocycles. The lowest BCUT2D eigenvalue weighted by molar-refractivity contribution is -0.107. The Morgan fingerprint density at radius 2 is 1.30 bits per heavy atom. The van der Waals surface area contributed by atoms with Crippen molar-refractivity contribution in [1.82, 2.24) is 0 Å². The van der Waals surface area contributed by atoms with Gasteiger partial charge in [-0.1, -0.05) is 30.8 Å². The van der Waals surface area contributed by atoms with E-state index >= 15 is 0 Å². The predicted molar refractivity (Wildman–Crippen MR) is 87.6 cm³/mol. The largest absolute Gasteiger partial charge is 0.497 e. The minimum atomic E-state index is -0.240. The van der Waals surface area contributed by atoms with Gasteiger partial charge >= 0.3 is 0 Å². The van der Waals surface area contributed by atoms with Crippen LogP contribution in [-0.4, -0.2) is 20.8 Å². The van der Waals surface area contributed by atoms with Crippen LogP contribution in [0.5, 0.6) is 11.5 Å². The van der Waals surface area contributed by atoms with Crippen molar-refractivity contribution in [3.63, 3.8) is 0 Å². The lowest BCUT2D eigenvalue weighted by Gasteiger charge is -2.34. The maximum atomic E-state index is 5.98. The Bertz CT molecular complexity index is 661. The first-order valence-electron chi connectivity index (χ1n) is 7.45. The normalized spacial score (nSPS) is 20.7. The average molecular weight is 312 g/mol. The summed E-state index contributed by atoms with van der Waals surface area (Å²) in [5.41, 5.74) is 2.06. The van der Waals surface area contributed by atoms with Gasteiger partial charge in [-0.3, -0.25) is 0 Å². The van der Waals surface area contributed by atoms with Gasteiger partial charge < -0.3 is 18.9 Å². The van der Waals surface area contributed by atoms with Gasteiger partial charge in [-0.2, -0.15) is 0 Å². The molecular weight excluding hydrogens is 292 g/mol. The van der Waals surface area contributed by atoms with Crippen LogP contribution in [0, 0.1) is 0 Å². The Labute approximate surface area is 136 Å². The first-order valence-corrected chi connectivity index (χ1v) is 7.45. The third-order valence-electron chi connectivity index (χ3n) is 3.88. The smallest absolute Gasteiger partial charge is 0.154 e. The van der Waals surface area contributed by atoms with Crippen molar-refractivity contribution in [1.29, 1.82) is 0 Å². The Balaban J connectivity index is 1.90. The lowest BCUT2D eigenvalue weighted by atomic mass is 9.97. The molecule has 4 nitrogen and oxygen atoms in total. The van der Waals surface area contributed by atoms with Gasteiger partial charge in [0.2, 0.25) is 0 Å². The van der Waals surface area contributed by atoms with E-state index in [1.807, 2.05) is 48.5 Å². The predicted octanol–water partition coefficient (Wildman–Crippen LogP) is 4.05. The highest BCUT2D eigenvalue weighted by Crippen LogP contribution is 2.40. The maximum absolute atomic E-state index is 5.98. The van der Waals surface area contributed by atoms with Crippen molar-refractivity contribution >= 4 is 0 Å². The second-order valence-corrected chi connectivity index (χ2v) is 5.36. The maximum Gasteiger partial charge on any atom is 0.154 e. The van der Waals surface area contributed by atoms with Gasteiger partial charge in [0, 0.05) is 0 Å². The molecule has 2 aromatic rings. The summed E-state index contributed by atoms with van der Waals surface area (Å²) in [6.45, 7) is 4.28. The molecule has 2 aromatic carbocycles. The van der Waals surface area contributed by atoms with Gasteiger partial charge in [0.15, 0.2) is 6.10 Å². The van der Waals surface area contributed by atoms with Crippen LogP contribution in [-0.2, 0) is 9.47 Å². The van der Waals surface area contributed by atoms with Crippen LogP contribution in [0.25, 0.3) is 0 Å². The van der Waals surface area contributed by atoms with Crippen LogP contribution in [0.1, 0.15) is 23.3 Å². The molecule has 3 rings (SSSR count). The van der Waals surface area contributed by atoms with E-state index in [0.29, 0.717) is 12.4 Å². The number of rotatable bonds is 4. The van der Waals surface area contributed by atoms with E-state index in [1.165, 1.54) is 0 Å². The minimum absolute atomic E-state index is 0.195. The fourth-order valence-electron chi connectivity index (χ4n) is 2.65. The number of hydrogen-bond acceptors (Lipinski definition) is 4. The molecule has 1 fully saturated rings. The fraction of sp³-hybridized carbons (Fsp3) is 0.263. The number of ether oxygens (including phenoxy) is 4. The molecule has 120 valence electrons. The van der Waals surface area contributed by atoms with Crippen LogP contribution in [0.3, 0.4) is 0 Å². The summed E-state index contributed by atoms with van der Waals surface area (Å²) in [6, 6.07) is 15.7. The minimum Gasteiger partial charge on any atom is -0.497 e. The van der Waals surface area contributed by atoms with Gasteiger partial charge in [-0.25, -0.2) is 0 Å². The lowest BCUT2D eigenvalue weighted by Crippen LogP contribution is -2.24. The average Bonchev–Trinajstić information content (AvgIpc) is 2.62. The Kier molecular flexibility index (Phi) is 4.53. The second kappa shape index (κ2) is 6.75. The van der Waals surface area contributed by atoms with E-state index in [9.17, 15) is 0 Å². The van der Waals surface area contributed by atoms with E-state index in [0.717, 1.165) is 22.6 Å². The van der Waals surface area contributed by atoms with E-state index in [2.05, 4.69) is 6.58 Å². The third-order valence-corrected chi connectivity index (χ3v) is 3.88. The number of methoxy groups -OCH3 is 2. The summed E-state index contributed by atoms with van der Waals surface area (Å²) in [5, 5.41) is 0. The zero-order valence-corrected chi connectivity index (χ0v) is 13.3. The second-order valence-electron chi connectivity index (χ2n) is 5.36. The zero-order chi connectivity index (χ0) is 16.2. The Hall–Kier alpha value is -2.46. The molecular formula is C19H20O4. The van der Waals surface area contributed by atoms with Gasteiger partial charge in [0.05, 0.1) is 14.2 Å². The fourth-order valence-corrected chi connectivity index (χ4v) is 2.65. The topological polar surface area (TPSA) is 36.9 Å². The molecule has 0 spiro atoms. The molecule has 1 heterocycles. The highest BCUT2D eigenvalue weighted by molar-refractivity contribution is 5.34. The van der Waals surface area contributed by atoms with Crippen molar-refractivity contribution in [3.05, 3.63) is 72.0 Å². The van der Waals surface area contributed by atoms with Gasteiger partial charge in [0.1, 0.15) is 30.0 Å². The van der Waals surface area contributed by atoms with Crippen molar-refractivity contribution < 1.29 is 18.9 Å². The van der Waals surface area contributed by atoms with Crippen molar-refractivity contribution in [3.8, 4) is 11.5 Å². The van der Waals surface area contributed by atoms with Crippen LogP contribution in [0.4, 0.5) is 0 Å². The molecule has 2 atom stereocenters. The van der Waals surface area contributed by atoms with Crippen LogP contribution < -0.4 is 9.47 Å². The molecule has 1 aliphatic heterocycles. The molecule has 0 radical (unpaired) electrons. The molecule has 1 aliphatic rings. The summed E-state index contributed by atoms with van der Waals surface area (Å²) >= 11 is 0. The van der Waals surface area contributed by atoms with Crippen molar-refractivity contribution in [2.24, 2.45) is 0 Å². The Morgan fingerprint density at radius 1 is 0.826 bits per heavy atom. The number of benzene rings is 2. The standard InChI is InChI=1S/C19H20O4/c1-13-12-22-18(14-4-8-16(20-2)9-5-14)19(23-13)15-6-10-17(21-3)11-7-15/h4-11,18-19H,1,12H2,2-3H3/t18-,19-/m1/s1. The van der Waals surface area contributed by atoms with Gasteiger partial charge in [-0.15, -0.1) is 0 Å². The molecule has 0 aromatic heterocycles. The summed E-state index contributed by atoms with van der Waals surface area (Å²) in [6.07, 6.45) is -0.435. The Morgan fingerprint density at radius 3 is 1.78 bits per heavy atom. The van der Waals surface area contributed by atoms with Crippen LogP contribution in [0.15, 0.2) is 60.9 Å². The summed E-state index contributed by atoms with van der Waals surface area (Å²) in [4.78, 5) is 0. The third kappa shape index (κ3) is 3.32. The molecule has 4 heteroatoms. The van der Waals surface area contributed by atoms with Crippen molar-refractivity contribution in [2.45, 2.75) is 12.2 Å². The van der Waals surface area contributed by atoms with E-state index in [-0.39, 0.29) is 12.2 Å². The number of hydrogen-bond donors (Lipinski definition) is 0. The highest BCUT2D eigenvalue weighted by atomic mass is 16.6. The van der Waals surface area contributed by atoms with E-state index in [1.54, 1.807) is 14.2 Å². The highest BCUT2D eigenvalue weighted by Gasteiger charge is 2.32. The summed E-state index contributed by atoms with van der Waals surface area (Å²) < 4.78 is 22.4. The molecule has 0 N–H and O–H groups in total. The molecule has 0 unspecified atom stereocenters.